The minimum absolute atomic E-state index is 0.0596. The van der Waals surface area contributed by atoms with E-state index in [1.165, 1.54) is 13.2 Å². The van der Waals surface area contributed by atoms with Crippen LogP contribution in [-0.2, 0) is 0 Å². The fourth-order valence-corrected chi connectivity index (χ4v) is 1.53. The molecular formula is C11H9Cl2N3O2. The van der Waals surface area contributed by atoms with Crippen molar-refractivity contribution in [1.82, 2.24) is 9.97 Å². The van der Waals surface area contributed by atoms with Crippen molar-refractivity contribution in [1.29, 1.82) is 0 Å². The quantitative estimate of drug-likeness (QED) is 0.938. The molecule has 0 bridgehead atoms. The standard InChI is InChI=1S/C11H9Cl2N3O2/c1-17-9-5-10(16-11(14)15-9)18-6-2-3-7(12)8(13)4-6/h2-5H,1H3,(H2,14,15,16). The van der Waals surface area contributed by atoms with Gasteiger partial charge >= 0.3 is 0 Å². The molecule has 7 heteroatoms. The van der Waals surface area contributed by atoms with Crippen LogP contribution in [0.4, 0.5) is 5.95 Å². The molecule has 0 spiro atoms. The minimum atomic E-state index is 0.0596. The molecule has 0 aliphatic carbocycles. The number of nitrogens with zero attached hydrogens (tertiary/aromatic N) is 2. The Morgan fingerprint density at radius 3 is 2.44 bits per heavy atom. The number of hydrogen-bond acceptors (Lipinski definition) is 5. The molecular weight excluding hydrogens is 277 g/mol. The number of halogens is 2. The molecule has 2 aromatic rings. The molecule has 1 aromatic heterocycles. The summed E-state index contributed by atoms with van der Waals surface area (Å²) in [6.45, 7) is 0. The van der Waals surface area contributed by atoms with Gasteiger partial charge < -0.3 is 15.2 Å². The third-order valence-corrected chi connectivity index (χ3v) is 2.76. The zero-order chi connectivity index (χ0) is 13.1. The number of nitrogens with two attached hydrogens (primary N) is 1. The van der Waals surface area contributed by atoms with Crippen molar-refractivity contribution in [3.63, 3.8) is 0 Å². The number of hydrogen-bond donors (Lipinski definition) is 1. The lowest BCUT2D eigenvalue weighted by Gasteiger charge is -2.07. The van der Waals surface area contributed by atoms with Crippen LogP contribution in [0.5, 0.6) is 17.5 Å². The molecule has 2 N–H and O–H groups in total. The van der Waals surface area contributed by atoms with Crippen LogP contribution in [0.1, 0.15) is 0 Å². The van der Waals surface area contributed by atoms with Gasteiger partial charge in [0, 0.05) is 6.07 Å². The van der Waals surface area contributed by atoms with E-state index in [0.717, 1.165) is 0 Å². The van der Waals surface area contributed by atoms with Crippen LogP contribution in [0.3, 0.4) is 0 Å². The Hall–Kier alpha value is -1.72. The predicted molar refractivity (Wildman–Crippen MR) is 69.5 cm³/mol. The molecule has 0 radical (unpaired) electrons. The summed E-state index contributed by atoms with van der Waals surface area (Å²) in [5.41, 5.74) is 5.51. The van der Waals surface area contributed by atoms with Crippen LogP contribution in [-0.4, -0.2) is 17.1 Å². The van der Waals surface area contributed by atoms with Crippen molar-refractivity contribution in [3.05, 3.63) is 34.3 Å². The topological polar surface area (TPSA) is 70.3 Å². The highest BCUT2D eigenvalue weighted by Gasteiger charge is 2.06. The lowest BCUT2D eigenvalue weighted by atomic mass is 10.3. The number of aromatic nitrogens is 2. The first-order chi connectivity index (χ1) is 8.58. The fourth-order valence-electron chi connectivity index (χ4n) is 1.24. The van der Waals surface area contributed by atoms with E-state index in [9.17, 15) is 0 Å². The van der Waals surface area contributed by atoms with Gasteiger partial charge in [0.1, 0.15) is 5.75 Å². The van der Waals surface area contributed by atoms with Gasteiger partial charge in [0.05, 0.1) is 23.2 Å². The Labute approximate surface area is 113 Å². The summed E-state index contributed by atoms with van der Waals surface area (Å²) >= 11 is 11.7. The summed E-state index contributed by atoms with van der Waals surface area (Å²) in [6, 6.07) is 6.38. The Morgan fingerprint density at radius 2 is 1.78 bits per heavy atom. The first kappa shape index (κ1) is 12.7. The van der Waals surface area contributed by atoms with E-state index >= 15 is 0 Å². The number of anilines is 1. The molecule has 1 aromatic carbocycles. The maximum atomic E-state index is 5.88. The smallest absolute Gasteiger partial charge is 0.227 e. The molecule has 0 unspecified atom stereocenters. The van der Waals surface area contributed by atoms with Gasteiger partial charge in [-0.15, -0.1) is 0 Å². The third kappa shape index (κ3) is 2.94. The molecule has 0 aliphatic rings. The predicted octanol–water partition coefficient (Wildman–Crippen LogP) is 3.17. The maximum absolute atomic E-state index is 5.88. The number of ether oxygens (including phenoxy) is 2. The molecule has 0 fully saturated rings. The van der Waals surface area contributed by atoms with E-state index in [1.54, 1.807) is 18.2 Å². The molecule has 0 atom stereocenters. The number of rotatable bonds is 3. The van der Waals surface area contributed by atoms with Gasteiger partial charge in [0.15, 0.2) is 0 Å². The molecule has 5 nitrogen and oxygen atoms in total. The Balaban J connectivity index is 2.27. The first-order valence-corrected chi connectivity index (χ1v) is 5.65. The lowest BCUT2D eigenvalue weighted by Crippen LogP contribution is -1.99. The van der Waals surface area contributed by atoms with Crippen molar-refractivity contribution in [2.45, 2.75) is 0 Å². The first-order valence-electron chi connectivity index (χ1n) is 4.90. The van der Waals surface area contributed by atoms with Crippen LogP contribution in [0.2, 0.25) is 10.0 Å². The summed E-state index contributed by atoms with van der Waals surface area (Å²) < 4.78 is 10.4. The van der Waals surface area contributed by atoms with E-state index < -0.39 is 0 Å². The summed E-state index contributed by atoms with van der Waals surface area (Å²) in [7, 11) is 1.48. The second-order valence-electron chi connectivity index (χ2n) is 3.28. The largest absolute Gasteiger partial charge is 0.481 e. The molecule has 0 aliphatic heterocycles. The molecule has 2 rings (SSSR count). The highest BCUT2D eigenvalue weighted by atomic mass is 35.5. The maximum Gasteiger partial charge on any atom is 0.227 e. The normalized spacial score (nSPS) is 10.2. The van der Waals surface area contributed by atoms with Crippen molar-refractivity contribution < 1.29 is 9.47 Å². The Kier molecular flexibility index (Phi) is 3.74. The van der Waals surface area contributed by atoms with Crippen molar-refractivity contribution in [2.75, 3.05) is 12.8 Å². The van der Waals surface area contributed by atoms with Crippen LogP contribution >= 0.6 is 23.2 Å². The monoisotopic (exact) mass is 285 g/mol. The number of methoxy groups -OCH3 is 1. The van der Waals surface area contributed by atoms with E-state index in [2.05, 4.69) is 9.97 Å². The van der Waals surface area contributed by atoms with Crippen LogP contribution in [0, 0.1) is 0 Å². The fraction of sp³-hybridized carbons (Fsp3) is 0.0909. The third-order valence-electron chi connectivity index (χ3n) is 2.02. The summed E-state index contributed by atoms with van der Waals surface area (Å²) in [4.78, 5) is 7.76. The van der Waals surface area contributed by atoms with Crippen molar-refractivity contribution >= 4 is 29.2 Å². The average Bonchev–Trinajstić information content (AvgIpc) is 2.33. The molecule has 94 valence electrons. The van der Waals surface area contributed by atoms with Crippen LogP contribution in [0.25, 0.3) is 0 Å². The van der Waals surface area contributed by atoms with E-state index in [1.807, 2.05) is 0 Å². The van der Waals surface area contributed by atoms with Gasteiger partial charge in [-0.1, -0.05) is 23.2 Å². The molecule has 1 heterocycles. The Morgan fingerprint density at radius 1 is 1.06 bits per heavy atom. The molecule has 0 amide bonds. The molecule has 0 saturated heterocycles. The second-order valence-corrected chi connectivity index (χ2v) is 4.10. The SMILES string of the molecule is COc1cc(Oc2ccc(Cl)c(Cl)c2)nc(N)n1. The van der Waals surface area contributed by atoms with Crippen LogP contribution in [0.15, 0.2) is 24.3 Å². The summed E-state index contributed by atoms with van der Waals surface area (Å²) in [6.07, 6.45) is 0. The highest BCUT2D eigenvalue weighted by molar-refractivity contribution is 6.42. The van der Waals surface area contributed by atoms with Gasteiger partial charge in [-0.05, 0) is 12.1 Å². The number of nitrogen functional groups attached to an aromatic ring is 1. The Bertz CT molecular complexity index is 578. The van der Waals surface area contributed by atoms with Gasteiger partial charge in [0.2, 0.25) is 17.7 Å². The molecule has 18 heavy (non-hydrogen) atoms. The zero-order valence-electron chi connectivity index (χ0n) is 9.35. The minimum Gasteiger partial charge on any atom is -0.481 e. The van der Waals surface area contributed by atoms with E-state index in [0.29, 0.717) is 21.7 Å². The number of benzene rings is 1. The molecule has 0 saturated carbocycles. The van der Waals surface area contributed by atoms with Gasteiger partial charge in [-0.2, -0.15) is 9.97 Å². The van der Waals surface area contributed by atoms with Crippen molar-refractivity contribution in [2.24, 2.45) is 0 Å². The van der Waals surface area contributed by atoms with E-state index in [4.69, 9.17) is 38.4 Å². The van der Waals surface area contributed by atoms with E-state index in [-0.39, 0.29) is 11.8 Å². The second kappa shape index (κ2) is 5.29. The van der Waals surface area contributed by atoms with Gasteiger partial charge in [0.25, 0.3) is 0 Å². The average molecular weight is 286 g/mol. The van der Waals surface area contributed by atoms with Gasteiger partial charge in [-0.3, -0.25) is 0 Å². The highest BCUT2D eigenvalue weighted by Crippen LogP contribution is 2.29. The summed E-state index contributed by atoms with van der Waals surface area (Å²) in [5.74, 6) is 1.13. The van der Waals surface area contributed by atoms with Crippen LogP contribution < -0.4 is 15.2 Å². The van der Waals surface area contributed by atoms with Gasteiger partial charge in [-0.25, -0.2) is 0 Å². The lowest BCUT2D eigenvalue weighted by molar-refractivity contribution is 0.389. The van der Waals surface area contributed by atoms with Crippen molar-refractivity contribution in [3.8, 4) is 17.5 Å². The zero-order valence-corrected chi connectivity index (χ0v) is 10.9. The summed E-state index contributed by atoms with van der Waals surface area (Å²) in [5, 5.41) is 0.840.